The summed E-state index contributed by atoms with van der Waals surface area (Å²) in [6.07, 6.45) is 7.39. The lowest BCUT2D eigenvalue weighted by molar-refractivity contribution is 0.0676. The first-order valence-electron chi connectivity index (χ1n) is 9.73. The molecule has 3 rings (SSSR count). The van der Waals surface area contributed by atoms with E-state index < -0.39 is 11.6 Å². The van der Waals surface area contributed by atoms with E-state index in [9.17, 15) is 14.3 Å². The average Bonchev–Trinajstić information content (AvgIpc) is 2.91. The van der Waals surface area contributed by atoms with E-state index in [0.717, 1.165) is 18.3 Å². The van der Waals surface area contributed by atoms with Gasteiger partial charge >= 0.3 is 0 Å². The number of rotatable bonds is 5. The van der Waals surface area contributed by atoms with Gasteiger partial charge in [0.25, 0.3) is 5.91 Å². The average molecular weight is 347 g/mol. The molecule has 3 nitrogen and oxygen atoms in total. The van der Waals surface area contributed by atoms with Crippen LogP contribution in [-0.4, -0.2) is 22.0 Å². The lowest BCUT2D eigenvalue weighted by atomic mass is 9.74. The molecular formula is C21H30FNO2. The third-order valence-electron chi connectivity index (χ3n) is 6.55. The number of benzene rings is 1. The van der Waals surface area contributed by atoms with Gasteiger partial charge in [0.2, 0.25) is 0 Å². The van der Waals surface area contributed by atoms with E-state index in [0.29, 0.717) is 23.6 Å². The van der Waals surface area contributed by atoms with Gasteiger partial charge < -0.3 is 10.0 Å². The number of fused-ring (bicyclic) bond motifs is 1. The van der Waals surface area contributed by atoms with Gasteiger partial charge in [-0.15, -0.1) is 0 Å². The molecule has 4 heteroatoms. The van der Waals surface area contributed by atoms with Gasteiger partial charge in [0.05, 0.1) is 0 Å². The molecule has 1 aliphatic heterocycles. The van der Waals surface area contributed by atoms with Crippen LogP contribution in [0.5, 0.6) is 5.75 Å². The number of halogens is 1. The monoisotopic (exact) mass is 347 g/mol. The van der Waals surface area contributed by atoms with Crippen LogP contribution in [0.3, 0.4) is 0 Å². The molecule has 1 aromatic rings. The molecule has 1 amide bonds. The highest BCUT2D eigenvalue weighted by molar-refractivity contribution is 5.98. The summed E-state index contributed by atoms with van der Waals surface area (Å²) >= 11 is 0. The smallest absolute Gasteiger partial charge is 0.254 e. The van der Waals surface area contributed by atoms with E-state index in [4.69, 9.17) is 0 Å². The van der Waals surface area contributed by atoms with Gasteiger partial charge in [0.15, 0.2) is 11.6 Å². The maximum atomic E-state index is 13.6. The van der Waals surface area contributed by atoms with E-state index in [2.05, 4.69) is 20.8 Å². The number of aromatic hydroxyl groups is 1. The van der Waals surface area contributed by atoms with Crippen LogP contribution >= 0.6 is 0 Å². The molecule has 25 heavy (non-hydrogen) atoms. The third kappa shape index (κ3) is 3.68. The molecule has 0 radical (unpaired) electrons. The summed E-state index contributed by atoms with van der Waals surface area (Å²) in [5.74, 6) is 1.19. The minimum Gasteiger partial charge on any atom is -0.505 e. The molecular weight excluding hydrogens is 317 g/mol. The van der Waals surface area contributed by atoms with Gasteiger partial charge in [0.1, 0.15) is 0 Å². The lowest BCUT2D eigenvalue weighted by Crippen LogP contribution is -2.35. The Labute approximate surface area is 150 Å². The van der Waals surface area contributed by atoms with Crippen LogP contribution in [0.2, 0.25) is 0 Å². The van der Waals surface area contributed by atoms with Gasteiger partial charge in [-0.05, 0) is 61.6 Å². The predicted octanol–water partition coefficient (Wildman–Crippen LogP) is 5.12. The number of amides is 1. The Bertz CT molecular complexity index is 637. The molecule has 2 unspecified atom stereocenters. The Morgan fingerprint density at radius 1 is 1.24 bits per heavy atom. The largest absolute Gasteiger partial charge is 0.505 e. The van der Waals surface area contributed by atoms with Gasteiger partial charge in [-0.1, -0.05) is 33.1 Å². The number of phenols is 1. The fraction of sp³-hybridized carbons (Fsp3) is 0.667. The number of carbonyl (C=O) groups is 1. The number of phenolic OH excluding ortho intramolecular Hbond substituents is 1. The lowest BCUT2D eigenvalue weighted by Gasteiger charge is -2.35. The van der Waals surface area contributed by atoms with E-state index in [1.807, 2.05) is 4.90 Å². The van der Waals surface area contributed by atoms with Crippen molar-refractivity contribution < 1.29 is 14.3 Å². The molecule has 2 aliphatic rings. The van der Waals surface area contributed by atoms with Gasteiger partial charge in [-0.3, -0.25) is 4.79 Å². The van der Waals surface area contributed by atoms with Crippen LogP contribution in [0.15, 0.2) is 12.1 Å². The second-order valence-corrected chi connectivity index (χ2v) is 8.14. The minimum absolute atomic E-state index is 0.0777. The van der Waals surface area contributed by atoms with Gasteiger partial charge in [-0.25, -0.2) is 4.39 Å². The summed E-state index contributed by atoms with van der Waals surface area (Å²) in [6, 6.07) is 2.72. The summed E-state index contributed by atoms with van der Waals surface area (Å²) in [5.41, 5.74) is 1.14. The van der Waals surface area contributed by atoms with Crippen molar-refractivity contribution in [2.24, 2.45) is 17.8 Å². The Morgan fingerprint density at radius 3 is 2.56 bits per heavy atom. The van der Waals surface area contributed by atoms with E-state index in [1.165, 1.54) is 44.2 Å². The van der Waals surface area contributed by atoms with Crippen LogP contribution in [0.25, 0.3) is 0 Å². The van der Waals surface area contributed by atoms with Crippen molar-refractivity contribution in [2.75, 3.05) is 0 Å². The molecule has 1 heterocycles. The van der Waals surface area contributed by atoms with Gasteiger partial charge in [0, 0.05) is 18.2 Å². The zero-order valence-electron chi connectivity index (χ0n) is 15.6. The van der Waals surface area contributed by atoms with Crippen molar-refractivity contribution >= 4 is 5.91 Å². The van der Waals surface area contributed by atoms with Crippen LogP contribution in [0.4, 0.5) is 4.39 Å². The first kappa shape index (κ1) is 18.2. The fourth-order valence-corrected chi connectivity index (χ4v) is 4.63. The van der Waals surface area contributed by atoms with E-state index >= 15 is 0 Å². The number of hydrogen-bond acceptors (Lipinski definition) is 2. The molecule has 1 aromatic carbocycles. The zero-order valence-corrected chi connectivity index (χ0v) is 15.6. The van der Waals surface area contributed by atoms with Crippen molar-refractivity contribution in [1.29, 1.82) is 0 Å². The maximum absolute atomic E-state index is 13.6. The quantitative estimate of drug-likeness (QED) is 0.803. The predicted molar refractivity (Wildman–Crippen MR) is 96.9 cm³/mol. The molecule has 0 spiro atoms. The highest BCUT2D eigenvalue weighted by Gasteiger charge is 2.34. The van der Waals surface area contributed by atoms with Crippen molar-refractivity contribution in [1.82, 2.24) is 4.90 Å². The SMILES string of the molecule is CCC(C)C1CCC(CC(C)N2Cc3cc(F)c(O)cc3C2=O)CC1. The molecule has 1 fully saturated rings. The normalized spacial score (nSPS) is 25.8. The number of hydrogen-bond donors (Lipinski definition) is 1. The van der Waals surface area contributed by atoms with Gasteiger partial charge in [-0.2, -0.15) is 0 Å². The van der Waals surface area contributed by atoms with Crippen LogP contribution in [-0.2, 0) is 6.54 Å². The Balaban J connectivity index is 1.58. The standard InChI is InChI=1S/C21H30FNO2/c1-4-13(2)16-7-5-15(6-8-16)9-14(3)23-12-17-10-19(22)20(24)11-18(17)21(23)25/h10-11,13-16,24H,4-9,12H2,1-3H3. The summed E-state index contributed by atoms with van der Waals surface area (Å²) in [6.45, 7) is 7.19. The second kappa shape index (κ2) is 7.35. The molecule has 1 N–H and O–H groups in total. The Kier molecular flexibility index (Phi) is 5.35. The molecule has 0 aromatic heterocycles. The highest BCUT2D eigenvalue weighted by atomic mass is 19.1. The fourth-order valence-electron chi connectivity index (χ4n) is 4.63. The van der Waals surface area contributed by atoms with Crippen molar-refractivity contribution in [3.8, 4) is 5.75 Å². The summed E-state index contributed by atoms with van der Waals surface area (Å²) in [4.78, 5) is 14.5. The topological polar surface area (TPSA) is 40.5 Å². The van der Waals surface area contributed by atoms with Crippen LogP contribution < -0.4 is 0 Å². The maximum Gasteiger partial charge on any atom is 0.254 e. The molecule has 0 saturated heterocycles. The Morgan fingerprint density at radius 2 is 1.92 bits per heavy atom. The number of nitrogens with zero attached hydrogens (tertiary/aromatic N) is 1. The summed E-state index contributed by atoms with van der Waals surface area (Å²) in [7, 11) is 0. The van der Waals surface area contributed by atoms with Crippen molar-refractivity contribution in [2.45, 2.75) is 71.9 Å². The molecule has 0 bridgehead atoms. The number of carbonyl (C=O) groups excluding carboxylic acids is 1. The summed E-state index contributed by atoms with van der Waals surface area (Å²) in [5, 5.41) is 9.53. The molecule has 1 saturated carbocycles. The second-order valence-electron chi connectivity index (χ2n) is 8.14. The molecule has 1 aliphatic carbocycles. The van der Waals surface area contributed by atoms with Crippen molar-refractivity contribution in [3.63, 3.8) is 0 Å². The highest BCUT2D eigenvalue weighted by Crippen LogP contribution is 2.38. The van der Waals surface area contributed by atoms with E-state index in [-0.39, 0.29) is 11.9 Å². The van der Waals surface area contributed by atoms with E-state index in [1.54, 1.807) is 0 Å². The molecule has 2 atom stereocenters. The van der Waals surface area contributed by atoms with Crippen molar-refractivity contribution in [3.05, 3.63) is 29.1 Å². The molecule has 138 valence electrons. The first-order chi connectivity index (χ1) is 11.9. The minimum atomic E-state index is -0.649. The summed E-state index contributed by atoms with van der Waals surface area (Å²) < 4.78 is 13.6. The van der Waals surface area contributed by atoms with Crippen LogP contribution in [0.1, 0.15) is 75.2 Å². The third-order valence-corrected chi connectivity index (χ3v) is 6.55. The zero-order chi connectivity index (χ0) is 18.1. The first-order valence-corrected chi connectivity index (χ1v) is 9.73. The van der Waals surface area contributed by atoms with Crippen LogP contribution in [0, 0.1) is 23.6 Å². The Hall–Kier alpha value is -1.58.